The minimum absolute atomic E-state index is 0.655. The number of thiocarbonyl (C=S) groups is 1. The van der Waals surface area contributed by atoms with Crippen molar-refractivity contribution in [2.75, 3.05) is 13.2 Å². The summed E-state index contributed by atoms with van der Waals surface area (Å²) in [5.74, 6) is 0.875. The van der Waals surface area contributed by atoms with Gasteiger partial charge in [-0.25, -0.2) is 4.99 Å². The molecule has 0 saturated carbocycles. The van der Waals surface area contributed by atoms with Gasteiger partial charge in [0.05, 0.1) is 18.3 Å². The smallest absolute Gasteiger partial charge is 0.119 e. The van der Waals surface area contributed by atoms with E-state index in [0.29, 0.717) is 13.2 Å². The Morgan fingerprint density at radius 2 is 2.07 bits per heavy atom. The minimum Gasteiger partial charge on any atom is -0.494 e. The van der Waals surface area contributed by atoms with Crippen LogP contribution < -0.4 is 4.74 Å². The number of ether oxygens (including phenoxy) is 1. The van der Waals surface area contributed by atoms with Crippen LogP contribution in [0.15, 0.2) is 33.7 Å². The van der Waals surface area contributed by atoms with Crippen LogP contribution in [0.3, 0.4) is 0 Å². The highest BCUT2D eigenvalue weighted by Gasteiger charge is 1.92. The summed E-state index contributed by atoms with van der Waals surface area (Å²) in [4.78, 5) is 3.79. The third-order valence-corrected chi connectivity index (χ3v) is 2.22. The highest BCUT2D eigenvalue weighted by Crippen LogP contribution is 2.15. The van der Waals surface area contributed by atoms with Gasteiger partial charge >= 0.3 is 0 Å². The Hall–Kier alpha value is -0.700. The Kier molecular flexibility index (Phi) is 5.45. The van der Waals surface area contributed by atoms with Gasteiger partial charge in [-0.1, -0.05) is 15.9 Å². The quantitative estimate of drug-likeness (QED) is 0.466. The van der Waals surface area contributed by atoms with Crippen molar-refractivity contribution in [1.29, 1.82) is 0 Å². The van der Waals surface area contributed by atoms with E-state index in [0.717, 1.165) is 16.6 Å². The van der Waals surface area contributed by atoms with E-state index in [2.05, 4.69) is 38.3 Å². The zero-order valence-electron chi connectivity index (χ0n) is 7.57. The lowest BCUT2D eigenvalue weighted by molar-refractivity contribution is 0.313. The molecule has 0 bridgehead atoms. The molecule has 4 heteroatoms. The largest absolute Gasteiger partial charge is 0.494 e. The molecule has 0 aliphatic carbocycles. The van der Waals surface area contributed by atoms with Crippen LogP contribution in [0.4, 0.5) is 0 Å². The SMILES string of the molecule is S=C=NCCCOc1ccc(Br)cc1. The highest BCUT2D eigenvalue weighted by atomic mass is 79.9. The van der Waals surface area contributed by atoms with Crippen molar-refractivity contribution >= 4 is 33.3 Å². The summed E-state index contributed by atoms with van der Waals surface area (Å²) in [5.41, 5.74) is 0. The zero-order chi connectivity index (χ0) is 10.2. The third-order valence-electron chi connectivity index (χ3n) is 1.56. The molecular formula is C10H10BrNOS. The van der Waals surface area contributed by atoms with Crippen molar-refractivity contribution in [3.63, 3.8) is 0 Å². The highest BCUT2D eigenvalue weighted by molar-refractivity contribution is 9.10. The van der Waals surface area contributed by atoms with Crippen LogP contribution in [0.1, 0.15) is 6.42 Å². The van der Waals surface area contributed by atoms with Crippen molar-refractivity contribution in [3.8, 4) is 5.75 Å². The Labute approximate surface area is 97.1 Å². The Morgan fingerprint density at radius 3 is 2.71 bits per heavy atom. The molecule has 14 heavy (non-hydrogen) atoms. The lowest BCUT2D eigenvalue weighted by Crippen LogP contribution is -1.98. The molecule has 0 heterocycles. The van der Waals surface area contributed by atoms with Crippen LogP contribution in [0.2, 0.25) is 0 Å². The first kappa shape index (κ1) is 11.4. The number of nitrogens with zero attached hydrogens (tertiary/aromatic N) is 1. The van der Waals surface area contributed by atoms with Gasteiger partial charge in [0.25, 0.3) is 0 Å². The molecule has 0 saturated heterocycles. The predicted molar refractivity (Wildman–Crippen MR) is 64.1 cm³/mol. The van der Waals surface area contributed by atoms with E-state index in [1.54, 1.807) is 0 Å². The lowest BCUT2D eigenvalue weighted by atomic mass is 10.3. The zero-order valence-corrected chi connectivity index (χ0v) is 9.97. The summed E-state index contributed by atoms with van der Waals surface area (Å²) in [6, 6.07) is 7.74. The molecule has 1 rings (SSSR count). The Morgan fingerprint density at radius 1 is 1.36 bits per heavy atom. The lowest BCUT2D eigenvalue weighted by Gasteiger charge is -2.04. The first-order valence-electron chi connectivity index (χ1n) is 4.25. The van der Waals surface area contributed by atoms with E-state index < -0.39 is 0 Å². The third kappa shape index (κ3) is 4.51. The van der Waals surface area contributed by atoms with Gasteiger partial charge in [-0.3, -0.25) is 0 Å². The van der Waals surface area contributed by atoms with Gasteiger partial charge in [-0.2, -0.15) is 0 Å². The van der Waals surface area contributed by atoms with Gasteiger partial charge in [0.1, 0.15) is 5.75 Å². The molecule has 0 spiro atoms. The van der Waals surface area contributed by atoms with Crippen molar-refractivity contribution in [2.24, 2.45) is 4.99 Å². The van der Waals surface area contributed by atoms with E-state index in [9.17, 15) is 0 Å². The molecule has 0 aromatic heterocycles. The van der Waals surface area contributed by atoms with E-state index in [-0.39, 0.29) is 0 Å². The maximum atomic E-state index is 5.46. The molecule has 0 fully saturated rings. The standard InChI is InChI=1S/C10H10BrNOS/c11-9-2-4-10(5-3-9)13-7-1-6-12-8-14/h2-5H,1,6-7H2. The molecule has 0 N–H and O–H groups in total. The van der Waals surface area contributed by atoms with Crippen LogP contribution in [-0.2, 0) is 0 Å². The van der Waals surface area contributed by atoms with Crippen molar-refractivity contribution in [2.45, 2.75) is 6.42 Å². The fraction of sp³-hybridized carbons (Fsp3) is 0.300. The first-order valence-corrected chi connectivity index (χ1v) is 5.45. The summed E-state index contributed by atoms with van der Waals surface area (Å²) in [6.07, 6.45) is 0.861. The normalized spacial score (nSPS) is 9.21. The number of benzene rings is 1. The molecule has 1 aromatic rings. The molecule has 1 aromatic carbocycles. The number of aliphatic imine (C=N–C) groups is 1. The maximum absolute atomic E-state index is 5.46. The van der Waals surface area contributed by atoms with E-state index in [1.807, 2.05) is 24.3 Å². The Bertz CT molecular complexity index is 319. The Balaban J connectivity index is 2.24. The summed E-state index contributed by atoms with van der Waals surface area (Å²) in [5, 5.41) is 2.32. The van der Waals surface area contributed by atoms with Crippen LogP contribution in [0.5, 0.6) is 5.75 Å². The summed E-state index contributed by atoms with van der Waals surface area (Å²) in [6.45, 7) is 1.34. The molecule has 0 radical (unpaired) electrons. The second kappa shape index (κ2) is 6.71. The average Bonchev–Trinajstić information content (AvgIpc) is 2.21. The molecule has 2 nitrogen and oxygen atoms in total. The maximum Gasteiger partial charge on any atom is 0.119 e. The molecule has 74 valence electrons. The van der Waals surface area contributed by atoms with Crippen LogP contribution in [0, 0.1) is 0 Å². The first-order chi connectivity index (χ1) is 6.83. The molecule has 0 unspecified atom stereocenters. The van der Waals surface area contributed by atoms with Gasteiger partial charge in [0.2, 0.25) is 0 Å². The van der Waals surface area contributed by atoms with E-state index in [4.69, 9.17) is 4.74 Å². The van der Waals surface area contributed by atoms with Crippen molar-refractivity contribution in [1.82, 2.24) is 0 Å². The summed E-state index contributed by atoms with van der Waals surface area (Å²) < 4.78 is 6.52. The van der Waals surface area contributed by atoms with Crippen LogP contribution in [0.25, 0.3) is 0 Å². The number of rotatable bonds is 5. The van der Waals surface area contributed by atoms with Gasteiger partial charge in [-0.15, -0.1) is 0 Å². The fourth-order valence-corrected chi connectivity index (χ4v) is 1.27. The molecule has 0 atom stereocenters. The van der Waals surface area contributed by atoms with Crippen molar-refractivity contribution < 1.29 is 4.74 Å². The summed E-state index contributed by atoms with van der Waals surface area (Å²) >= 11 is 7.80. The fourth-order valence-electron chi connectivity index (χ4n) is 0.910. The topological polar surface area (TPSA) is 21.6 Å². The van der Waals surface area contributed by atoms with Gasteiger partial charge in [-0.05, 0) is 36.5 Å². The van der Waals surface area contributed by atoms with Crippen LogP contribution in [-0.4, -0.2) is 18.3 Å². The van der Waals surface area contributed by atoms with E-state index >= 15 is 0 Å². The average molecular weight is 272 g/mol. The molecule has 0 aliphatic rings. The van der Waals surface area contributed by atoms with Gasteiger partial charge < -0.3 is 4.74 Å². The molecule has 0 aliphatic heterocycles. The van der Waals surface area contributed by atoms with Gasteiger partial charge in [0.15, 0.2) is 0 Å². The number of hydrogen-bond acceptors (Lipinski definition) is 3. The number of hydrogen-bond donors (Lipinski definition) is 0. The second-order valence-corrected chi connectivity index (χ2v) is 3.73. The minimum atomic E-state index is 0.655. The number of isothiocyanates is 1. The number of halogens is 1. The van der Waals surface area contributed by atoms with E-state index in [1.165, 1.54) is 0 Å². The molecule has 0 amide bonds. The summed E-state index contributed by atoms with van der Waals surface area (Å²) in [7, 11) is 0. The van der Waals surface area contributed by atoms with Crippen LogP contribution >= 0.6 is 28.1 Å². The molecular weight excluding hydrogens is 262 g/mol. The van der Waals surface area contributed by atoms with Crippen molar-refractivity contribution in [3.05, 3.63) is 28.7 Å². The monoisotopic (exact) mass is 271 g/mol. The van der Waals surface area contributed by atoms with Gasteiger partial charge in [0, 0.05) is 10.9 Å². The second-order valence-electron chi connectivity index (χ2n) is 2.63. The predicted octanol–water partition coefficient (Wildman–Crippen LogP) is 3.32.